The number of non-ortho nitro benzene ring substituents is 1. The third kappa shape index (κ3) is 2.82. The van der Waals surface area contributed by atoms with Crippen molar-refractivity contribution in [2.24, 2.45) is 0 Å². The van der Waals surface area contributed by atoms with Gasteiger partial charge in [0.05, 0.1) is 10.6 Å². The zero-order valence-corrected chi connectivity index (χ0v) is 13.8. The van der Waals surface area contributed by atoms with Crippen LogP contribution in [0.1, 0.15) is 45.6 Å². The molecule has 1 fully saturated rings. The van der Waals surface area contributed by atoms with Gasteiger partial charge in [-0.2, -0.15) is 0 Å². The van der Waals surface area contributed by atoms with Crippen molar-refractivity contribution in [3.05, 3.63) is 32.3 Å². The van der Waals surface area contributed by atoms with Crippen molar-refractivity contribution in [3.63, 3.8) is 0 Å². The lowest BCUT2D eigenvalue weighted by Crippen LogP contribution is -2.44. The summed E-state index contributed by atoms with van der Waals surface area (Å²) in [5.74, 6) is 0. The van der Waals surface area contributed by atoms with Crippen LogP contribution in [0.4, 0.5) is 11.4 Å². The second-order valence-electron chi connectivity index (χ2n) is 5.58. The fraction of sp³-hybridized carbons (Fsp3) is 0.600. The molecule has 2 rings (SSSR count). The summed E-state index contributed by atoms with van der Waals surface area (Å²) in [6.07, 6.45) is 4.41. The molecule has 0 aliphatic carbocycles. The van der Waals surface area contributed by atoms with Crippen molar-refractivity contribution < 1.29 is 4.92 Å². The average molecular weight is 341 g/mol. The molecule has 1 aromatic rings. The van der Waals surface area contributed by atoms with Crippen molar-refractivity contribution >= 4 is 27.3 Å². The van der Waals surface area contributed by atoms with Crippen molar-refractivity contribution in [3.8, 4) is 0 Å². The highest BCUT2D eigenvalue weighted by atomic mass is 79.9. The Labute approximate surface area is 128 Å². The fourth-order valence-electron chi connectivity index (χ4n) is 3.17. The van der Waals surface area contributed by atoms with Crippen LogP contribution < -0.4 is 4.90 Å². The molecule has 1 saturated heterocycles. The SMILES string of the molecule is CCc1cc([N+](=O)[O-])cc(Br)c1N1C(C)CCCC1C. The van der Waals surface area contributed by atoms with E-state index in [9.17, 15) is 10.1 Å². The van der Waals surface area contributed by atoms with Crippen LogP contribution in [0.3, 0.4) is 0 Å². The summed E-state index contributed by atoms with van der Waals surface area (Å²) in [5.41, 5.74) is 2.35. The van der Waals surface area contributed by atoms with Gasteiger partial charge in [-0.3, -0.25) is 10.1 Å². The van der Waals surface area contributed by atoms with Gasteiger partial charge in [0.15, 0.2) is 0 Å². The molecule has 2 unspecified atom stereocenters. The zero-order valence-electron chi connectivity index (χ0n) is 12.2. The van der Waals surface area contributed by atoms with Crippen LogP contribution >= 0.6 is 15.9 Å². The van der Waals surface area contributed by atoms with Crippen LogP contribution in [-0.4, -0.2) is 17.0 Å². The van der Waals surface area contributed by atoms with E-state index in [0.29, 0.717) is 12.1 Å². The number of halogens is 1. The lowest BCUT2D eigenvalue weighted by atomic mass is 9.95. The predicted molar refractivity (Wildman–Crippen MR) is 85.4 cm³/mol. The molecular weight excluding hydrogens is 320 g/mol. The molecular formula is C15H21BrN2O2. The summed E-state index contributed by atoms with van der Waals surface area (Å²) in [5, 5.41) is 11.0. The lowest BCUT2D eigenvalue weighted by molar-refractivity contribution is -0.385. The predicted octanol–water partition coefficient (Wildman–Crippen LogP) is 4.69. The number of nitro benzene ring substituents is 1. The van der Waals surface area contributed by atoms with Gasteiger partial charge in [0, 0.05) is 28.7 Å². The first-order valence-electron chi connectivity index (χ1n) is 7.20. The smallest absolute Gasteiger partial charge is 0.270 e. The minimum absolute atomic E-state index is 0.162. The van der Waals surface area contributed by atoms with Gasteiger partial charge in [0.25, 0.3) is 5.69 Å². The van der Waals surface area contributed by atoms with E-state index in [1.165, 1.54) is 19.3 Å². The quantitative estimate of drug-likeness (QED) is 0.592. The van der Waals surface area contributed by atoms with E-state index < -0.39 is 0 Å². The first-order valence-corrected chi connectivity index (χ1v) is 8.00. The molecule has 20 heavy (non-hydrogen) atoms. The minimum Gasteiger partial charge on any atom is -0.365 e. The van der Waals surface area contributed by atoms with E-state index in [1.54, 1.807) is 12.1 Å². The largest absolute Gasteiger partial charge is 0.365 e. The molecule has 1 aliphatic heterocycles. The Hall–Kier alpha value is -1.10. The summed E-state index contributed by atoms with van der Waals surface area (Å²) in [7, 11) is 0. The Morgan fingerprint density at radius 1 is 1.35 bits per heavy atom. The number of nitro groups is 1. The molecule has 0 saturated carbocycles. The molecule has 0 amide bonds. The molecule has 5 heteroatoms. The third-order valence-corrected chi connectivity index (χ3v) is 4.78. The van der Waals surface area contributed by atoms with Crippen LogP contribution in [0.15, 0.2) is 16.6 Å². The number of rotatable bonds is 3. The number of piperidine rings is 1. The maximum atomic E-state index is 11.0. The summed E-state index contributed by atoms with van der Waals surface area (Å²) in [4.78, 5) is 13.1. The Balaban J connectivity index is 2.52. The van der Waals surface area contributed by atoms with Crippen molar-refractivity contribution in [2.45, 2.75) is 58.5 Å². The number of aryl methyl sites for hydroxylation is 1. The molecule has 110 valence electrons. The molecule has 4 nitrogen and oxygen atoms in total. The second kappa shape index (κ2) is 6.12. The summed E-state index contributed by atoms with van der Waals surface area (Å²) in [6, 6.07) is 4.29. The number of hydrogen-bond donors (Lipinski definition) is 0. The van der Waals surface area contributed by atoms with Crippen LogP contribution in [-0.2, 0) is 6.42 Å². The highest BCUT2D eigenvalue weighted by Crippen LogP contribution is 2.39. The molecule has 0 radical (unpaired) electrons. The van der Waals surface area contributed by atoms with Gasteiger partial charge in [-0.25, -0.2) is 0 Å². The summed E-state index contributed by atoms with van der Waals surface area (Å²) in [6.45, 7) is 6.53. The Morgan fingerprint density at radius 3 is 2.45 bits per heavy atom. The highest BCUT2D eigenvalue weighted by Gasteiger charge is 2.29. The maximum Gasteiger partial charge on any atom is 0.270 e. The van der Waals surface area contributed by atoms with Crippen molar-refractivity contribution in [2.75, 3.05) is 4.90 Å². The second-order valence-corrected chi connectivity index (χ2v) is 6.44. The van der Waals surface area contributed by atoms with Gasteiger partial charge in [-0.15, -0.1) is 0 Å². The molecule has 0 N–H and O–H groups in total. The first-order chi connectivity index (χ1) is 9.45. The van der Waals surface area contributed by atoms with Crippen LogP contribution in [0, 0.1) is 10.1 Å². The Bertz CT molecular complexity index is 509. The molecule has 1 aliphatic rings. The van der Waals surface area contributed by atoms with E-state index in [-0.39, 0.29) is 10.6 Å². The number of benzene rings is 1. The Kier molecular flexibility index (Phi) is 4.68. The summed E-state index contributed by atoms with van der Waals surface area (Å²) < 4.78 is 0.837. The maximum absolute atomic E-state index is 11.0. The van der Waals surface area contributed by atoms with Gasteiger partial charge in [0.2, 0.25) is 0 Å². The molecule has 0 aromatic heterocycles. The fourth-order valence-corrected chi connectivity index (χ4v) is 3.86. The van der Waals surface area contributed by atoms with Gasteiger partial charge in [-0.1, -0.05) is 6.92 Å². The van der Waals surface area contributed by atoms with Gasteiger partial charge in [0.1, 0.15) is 0 Å². The molecule has 2 atom stereocenters. The zero-order chi connectivity index (χ0) is 14.9. The molecule has 0 spiro atoms. The lowest BCUT2D eigenvalue weighted by Gasteiger charge is -2.42. The third-order valence-electron chi connectivity index (χ3n) is 4.17. The van der Waals surface area contributed by atoms with E-state index in [2.05, 4.69) is 34.7 Å². The topological polar surface area (TPSA) is 46.4 Å². The van der Waals surface area contributed by atoms with Gasteiger partial charge < -0.3 is 4.90 Å². The number of nitrogens with zero attached hydrogens (tertiary/aromatic N) is 2. The molecule has 1 aromatic carbocycles. The first kappa shape index (κ1) is 15.3. The normalized spacial score (nSPS) is 22.9. The Morgan fingerprint density at radius 2 is 1.95 bits per heavy atom. The van der Waals surface area contributed by atoms with Crippen LogP contribution in [0.25, 0.3) is 0 Å². The highest BCUT2D eigenvalue weighted by molar-refractivity contribution is 9.10. The molecule has 1 heterocycles. The van der Waals surface area contributed by atoms with Gasteiger partial charge >= 0.3 is 0 Å². The standard InChI is InChI=1S/C15H21BrN2O2/c1-4-12-8-13(18(19)20)9-14(16)15(12)17-10(2)6-5-7-11(17)3/h8-11H,4-7H2,1-3H3. The van der Waals surface area contributed by atoms with E-state index in [0.717, 1.165) is 22.1 Å². The van der Waals surface area contributed by atoms with E-state index >= 15 is 0 Å². The van der Waals surface area contributed by atoms with E-state index in [4.69, 9.17) is 0 Å². The number of anilines is 1. The van der Waals surface area contributed by atoms with Crippen molar-refractivity contribution in [1.29, 1.82) is 0 Å². The van der Waals surface area contributed by atoms with Crippen LogP contribution in [0.2, 0.25) is 0 Å². The van der Waals surface area contributed by atoms with Crippen LogP contribution in [0.5, 0.6) is 0 Å². The average Bonchev–Trinajstić information content (AvgIpc) is 2.39. The minimum atomic E-state index is -0.323. The van der Waals surface area contributed by atoms with Crippen molar-refractivity contribution in [1.82, 2.24) is 0 Å². The molecule has 0 bridgehead atoms. The number of hydrogen-bond acceptors (Lipinski definition) is 3. The van der Waals surface area contributed by atoms with Gasteiger partial charge in [-0.05, 0) is 61.0 Å². The summed E-state index contributed by atoms with van der Waals surface area (Å²) >= 11 is 3.55. The van der Waals surface area contributed by atoms with E-state index in [1.807, 2.05) is 6.92 Å². The monoisotopic (exact) mass is 340 g/mol.